The first kappa shape index (κ1) is 21.3. The number of carbonyl (C=O) groups excluding carboxylic acids is 2. The zero-order valence-electron chi connectivity index (χ0n) is 18.1. The molecular formula is C22H34O6. The number of hydrogen-bond donors (Lipinski definition) is 1. The maximum Gasteiger partial charge on any atom is 0.333 e. The molecule has 1 heterocycles. The van der Waals surface area contributed by atoms with Crippen LogP contribution in [0.25, 0.3) is 0 Å². The Morgan fingerprint density at radius 3 is 2.36 bits per heavy atom. The van der Waals surface area contributed by atoms with Crippen LogP contribution < -0.4 is 0 Å². The summed E-state index contributed by atoms with van der Waals surface area (Å²) in [5, 5.41) is 11.7. The van der Waals surface area contributed by atoms with Crippen molar-refractivity contribution in [1.29, 1.82) is 0 Å². The van der Waals surface area contributed by atoms with E-state index in [-0.39, 0.29) is 29.9 Å². The van der Waals surface area contributed by atoms with Crippen LogP contribution in [0.1, 0.15) is 67.7 Å². The fraction of sp³-hybridized carbons (Fsp3) is 0.818. The smallest absolute Gasteiger partial charge is 0.333 e. The number of hydrogen-bond acceptors (Lipinski definition) is 6. The summed E-state index contributed by atoms with van der Waals surface area (Å²) in [5.74, 6) is -1.10. The third kappa shape index (κ3) is 3.18. The Morgan fingerprint density at radius 1 is 1.18 bits per heavy atom. The second kappa shape index (κ2) is 6.84. The maximum absolute atomic E-state index is 12.6. The number of fused-ring (bicyclic) bond motifs is 2. The molecule has 0 bridgehead atoms. The summed E-state index contributed by atoms with van der Waals surface area (Å²) in [6, 6.07) is 0. The van der Waals surface area contributed by atoms with Gasteiger partial charge in [0, 0.05) is 30.3 Å². The first-order chi connectivity index (χ1) is 12.9. The molecule has 0 amide bonds. The Morgan fingerprint density at radius 2 is 1.82 bits per heavy atom. The fourth-order valence-electron chi connectivity index (χ4n) is 5.56. The van der Waals surface area contributed by atoms with Crippen LogP contribution in [-0.2, 0) is 23.8 Å². The molecule has 0 aromatic heterocycles. The molecule has 3 rings (SSSR count). The minimum absolute atomic E-state index is 0.0236. The van der Waals surface area contributed by atoms with Crippen molar-refractivity contribution in [2.45, 2.75) is 97.2 Å². The van der Waals surface area contributed by atoms with E-state index >= 15 is 0 Å². The number of aliphatic hydroxyl groups is 1. The molecule has 6 heteroatoms. The minimum atomic E-state index is -1.00. The van der Waals surface area contributed by atoms with Gasteiger partial charge in [-0.15, -0.1) is 0 Å². The topological polar surface area (TPSA) is 85.4 Å². The van der Waals surface area contributed by atoms with Gasteiger partial charge in [-0.3, -0.25) is 4.79 Å². The van der Waals surface area contributed by atoms with Crippen LogP contribution in [0, 0.1) is 17.3 Å². The van der Waals surface area contributed by atoms with Gasteiger partial charge in [0.05, 0.1) is 11.2 Å². The standard InChI is InChI=1S/C22H34O6/c1-8-13(4)19(24)27-15-11-21(7)18(28-21)17(26-14(5)23)20(6)9-10-22(25,12(2)3)16(15)20/h8,12,15-18,25H,9-11H2,1-7H3/b13-8+/t15-,16+,17-,18-,20-,21+,22+/m0/s1. The SMILES string of the molecule is C/C=C(\C)C(=O)O[C@H]1C[C@@]2(C)O[C@H]2[C@H](OC(C)=O)[C@@]2(C)CC[C@@](O)(C(C)C)[C@H]12. The van der Waals surface area contributed by atoms with Crippen LogP contribution in [0.15, 0.2) is 11.6 Å². The van der Waals surface area contributed by atoms with Crippen molar-refractivity contribution in [3.8, 4) is 0 Å². The molecule has 0 radical (unpaired) electrons. The largest absolute Gasteiger partial charge is 0.459 e. The van der Waals surface area contributed by atoms with Crippen LogP contribution >= 0.6 is 0 Å². The van der Waals surface area contributed by atoms with Crippen LogP contribution in [0.2, 0.25) is 0 Å². The highest BCUT2D eigenvalue weighted by atomic mass is 16.6. The fourth-order valence-corrected chi connectivity index (χ4v) is 5.56. The lowest BCUT2D eigenvalue weighted by atomic mass is 9.66. The summed E-state index contributed by atoms with van der Waals surface area (Å²) in [6.07, 6.45) is 2.22. The average molecular weight is 395 g/mol. The van der Waals surface area contributed by atoms with E-state index in [1.807, 2.05) is 27.7 Å². The Bertz CT molecular complexity index is 699. The second-order valence-corrected chi connectivity index (χ2v) is 9.63. The molecule has 0 spiro atoms. The number of esters is 2. The van der Waals surface area contributed by atoms with Gasteiger partial charge < -0.3 is 19.3 Å². The Kier molecular flexibility index (Phi) is 5.20. The van der Waals surface area contributed by atoms with Crippen molar-refractivity contribution in [2.75, 3.05) is 0 Å². The monoisotopic (exact) mass is 394 g/mol. The van der Waals surface area contributed by atoms with Crippen molar-refractivity contribution in [1.82, 2.24) is 0 Å². The zero-order valence-corrected chi connectivity index (χ0v) is 18.1. The molecule has 158 valence electrons. The third-order valence-electron chi connectivity index (χ3n) is 7.46. The molecule has 1 aliphatic heterocycles. The van der Waals surface area contributed by atoms with Crippen LogP contribution in [0.3, 0.4) is 0 Å². The number of rotatable bonds is 4. The highest BCUT2D eigenvalue weighted by Crippen LogP contribution is 2.64. The first-order valence-electron chi connectivity index (χ1n) is 10.3. The molecule has 0 unspecified atom stereocenters. The Hall–Kier alpha value is -1.40. The lowest BCUT2D eigenvalue weighted by Gasteiger charge is -2.45. The molecule has 6 nitrogen and oxygen atoms in total. The van der Waals surface area contributed by atoms with Gasteiger partial charge in [-0.1, -0.05) is 26.8 Å². The van der Waals surface area contributed by atoms with Gasteiger partial charge in [-0.2, -0.15) is 0 Å². The number of epoxide rings is 1. The molecule has 0 aromatic rings. The van der Waals surface area contributed by atoms with E-state index in [2.05, 4.69) is 0 Å². The highest BCUT2D eigenvalue weighted by Gasteiger charge is 2.73. The van der Waals surface area contributed by atoms with Crippen molar-refractivity contribution < 1.29 is 28.9 Å². The van der Waals surface area contributed by atoms with E-state index in [1.165, 1.54) is 6.92 Å². The van der Waals surface area contributed by atoms with Crippen molar-refractivity contribution in [3.63, 3.8) is 0 Å². The van der Waals surface area contributed by atoms with E-state index in [0.29, 0.717) is 24.8 Å². The first-order valence-corrected chi connectivity index (χ1v) is 10.3. The second-order valence-electron chi connectivity index (χ2n) is 9.63. The lowest BCUT2D eigenvalue weighted by molar-refractivity contribution is -0.181. The average Bonchev–Trinajstić information content (AvgIpc) is 3.17. The normalized spacial score (nSPS) is 45.1. The number of allylic oxidation sites excluding steroid dienone is 1. The van der Waals surface area contributed by atoms with E-state index in [1.54, 1.807) is 19.9 Å². The van der Waals surface area contributed by atoms with Gasteiger partial charge >= 0.3 is 11.9 Å². The molecule has 1 saturated heterocycles. The molecule has 7 atom stereocenters. The third-order valence-corrected chi connectivity index (χ3v) is 7.46. The van der Waals surface area contributed by atoms with E-state index in [4.69, 9.17) is 14.2 Å². The summed E-state index contributed by atoms with van der Waals surface area (Å²) >= 11 is 0. The minimum Gasteiger partial charge on any atom is -0.459 e. The van der Waals surface area contributed by atoms with Gasteiger partial charge in [-0.25, -0.2) is 4.79 Å². The van der Waals surface area contributed by atoms with Gasteiger partial charge in [0.1, 0.15) is 18.3 Å². The maximum atomic E-state index is 12.6. The van der Waals surface area contributed by atoms with E-state index in [9.17, 15) is 14.7 Å². The molecule has 1 N–H and O–H groups in total. The Balaban J connectivity index is 2.07. The molecule has 3 fully saturated rings. The molecular weight excluding hydrogens is 360 g/mol. The van der Waals surface area contributed by atoms with Crippen LogP contribution in [0.5, 0.6) is 0 Å². The van der Waals surface area contributed by atoms with Crippen molar-refractivity contribution in [2.24, 2.45) is 17.3 Å². The summed E-state index contributed by atoms with van der Waals surface area (Å²) in [4.78, 5) is 24.5. The molecule has 28 heavy (non-hydrogen) atoms. The van der Waals surface area contributed by atoms with Gasteiger partial charge in [0.15, 0.2) is 0 Å². The predicted octanol–water partition coefficient (Wildman–Crippen LogP) is 3.16. The number of ether oxygens (including phenoxy) is 3. The molecule has 2 aliphatic carbocycles. The Labute approximate surface area is 167 Å². The van der Waals surface area contributed by atoms with Crippen LogP contribution in [-0.4, -0.2) is 46.6 Å². The van der Waals surface area contributed by atoms with E-state index < -0.39 is 28.8 Å². The predicted molar refractivity (Wildman–Crippen MR) is 103 cm³/mol. The zero-order chi connectivity index (χ0) is 21.1. The van der Waals surface area contributed by atoms with E-state index in [0.717, 1.165) is 0 Å². The van der Waals surface area contributed by atoms with Crippen LogP contribution in [0.4, 0.5) is 0 Å². The van der Waals surface area contributed by atoms with Gasteiger partial charge in [-0.05, 0) is 39.5 Å². The van der Waals surface area contributed by atoms with Crippen molar-refractivity contribution >= 4 is 11.9 Å². The van der Waals surface area contributed by atoms with Gasteiger partial charge in [0.25, 0.3) is 0 Å². The molecule has 3 aliphatic rings. The highest BCUT2D eigenvalue weighted by molar-refractivity contribution is 5.87. The van der Waals surface area contributed by atoms with Crippen molar-refractivity contribution in [3.05, 3.63) is 11.6 Å². The number of carbonyl (C=O) groups is 2. The molecule has 0 aromatic carbocycles. The summed E-state index contributed by atoms with van der Waals surface area (Å²) < 4.78 is 17.7. The summed E-state index contributed by atoms with van der Waals surface area (Å²) in [6.45, 7) is 12.9. The molecule has 2 saturated carbocycles. The summed E-state index contributed by atoms with van der Waals surface area (Å²) in [7, 11) is 0. The quantitative estimate of drug-likeness (QED) is 0.448. The summed E-state index contributed by atoms with van der Waals surface area (Å²) in [5.41, 5.74) is -1.54. The lowest BCUT2D eigenvalue weighted by Crippen LogP contribution is -2.54. The van der Waals surface area contributed by atoms with Gasteiger partial charge in [0.2, 0.25) is 0 Å².